The minimum Gasteiger partial charge on any atom is -0.376 e. The fourth-order valence-electron chi connectivity index (χ4n) is 2.18. The van der Waals surface area contributed by atoms with Crippen LogP contribution in [0.1, 0.15) is 37.2 Å². The lowest BCUT2D eigenvalue weighted by Crippen LogP contribution is -2.42. The van der Waals surface area contributed by atoms with E-state index in [1.807, 2.05) is 6.07 Å². The number of hydrogen-bond donors (Lipinski definition) is 2. The molecule has 0 unspecified atom stereocenters. The summed E-state index contributed by atoms with van der Waals surface area (Å²) in [6, 6.07) is 10.5. The summed E-state index contributed by atoms with van der Waals surface area (Å²) in [5, 5.41) is 9.62. The third-order valence-electron chi connectivity index (χ3n) is 3.12. The van der Waals surface area contributed by atoms with E-state index in [1.165, 1.54) is 5.56 Å². The molecule has 2 nitrogen and oxygen atoms in total. The zero-order valence-corrected chi connectivity index (χ0v) is 8.32. The minimum absolute atomic E-state index is 0.583. The van der Waals surface area contributed by atoms with Gasteiger partial charge < -0.3 is 10.8 Å². The SMILES string of the molecule is NC1(O)CCC(c2ccccc2)CC1. The molecule has 1 aliphatic rings. The molecule has 2 heteroatoms. The van der Waals surface area contributed by atoms with E-state index in [-0.39, 0.29) is 0 Å². The van der Waals surface area contributed by atoms with Crippen molar-refractivity contribution in [3.05, 3.63) is 35.9 Å². The number of rotatable bonds is 1. The Morgan fingerprint density at radius 1 is 1.14 bits per heavy atom. The molecule has 0 heterocycles. The van der Waals surface area contributed by atoms with Gasteiger partial charge in [0.1, 0.15) is 5.72 Å². The molecule has 1 saturated carbocycles. The molecule has 0 atom stereocenters. The first kappa shape index (κ1) is 9.69. The van der Waals surface area contributed by atoms with Gasteiger partial charge in [0.05, 0.1) is 0 Å². The van der Waals surface area contributed by atoms with E-state index in [0.717, 1.165) is 12.8 Å². The van der Waals surface area contributed by atoms with Gasteiger partial charge in [-0.3, -0.25) is 0 Å². The average molecular weight is 191 g/mol. The summed E-state index contributed by atoms with van der Waals surface area (Å²) in [6.07, 6.45) is 3.42. The van der Waals surface area contributed by atoms with E-state index in [0.29, 0.717) is 18.8 Å². The van der Waals surface area contributed by atoms with Gasteiger partial charge in [0.25, 0.3) is 0 Å². The highest BCUT2D eigenvalue weighted by atomic mass is 16.3. The average Bonchev–Trinajstić information content (AvgIpc) is 2.19. The van der Waals surface area contributed by atoms with Crippen LogP contribution in [0, 0.1) is 0 Å². The molecule has 1 aromatic rings. The molecule has 2 rings (SSSR count). The molecule has 1 aromatic carbocycles. The lowest BCUT2D eigenvalue weighted by Gasteiger charge is -2.32. The van der Waals surface area contributed by atoms with Gasteiger partial charge in [-0.25, -0.2) is 0 Å². The normalized spacial score (nSPS) is 32.9. The van der Waals surface area contributed by atoms with Crippen LogP contribution in [0.4, 0.5) is 0 Å². The fourth-order valence-corrected chi connectivity index (χ4v) is 2.18. The Labute approximate surface area is 84.7 Å². The van der Waals surface area contributed by atoms with Crippen LogP contribution in [-0.4, -0.2) is 10.8 Å². The second kappa shape index (κ2) is 3.71. The summed E-state index contributed by atoms with van der Waals surface area (Å²) in [4.78, 5) is 0. The predicted molar refractivity (Wildman–Crippen MR) is 56.8 cm³/mol. The third-order valence-corrected chi connectivity index (χ3v) is 3.12. The van der Waals surface area contributed by atoms with Gasteiger partial charge in [0.2, 0.25) is 0 Å². The van der Waals surface area contributed by atoms with Gasteiger partial charge in [-0.05, 0) is 37.2 Å². The lowest BCUT2D eigenvalue weighted by molar-refractivity contribution is 0.00521. The maximum Gasteiger partial charge on any atom is 0.113 e. The zero-order chi connectivity index (χ0) is 10.0. The third kappa shape index (κ3) is 2.14. The van der Waals surface area contributed by atoms with E-state index >= 15 is 0 Å². The van der Waals surface area contributed by atoms with Crippen molar-refractivity contribution in [3.63, 3.8) is 0 Å². The molecule has 0 spiro atoms. The number of hydrogen-bond acceptors (Lipinski definition) is 2. The molecule has 0 amide bonds. The van der Waals surface area contributed by atoms with Crippen molar-refractivity contribution in [2.24, 2.45) is 5.73 Å². The Morgan fingerprint density at radius 3 is 2.29 bits per heavy atom. The number of aliphatic hydroxyl groups is 1. The van der Waals surface area contributed by atoms with Crippen molar-refractivity contribution in [1.82, 2.24) is 0 Å². The molecule has 0 bridgehead atoms. The highest BCUT2D eigenvalue weighted by Crippen LogP contribution is 2.35. The van der Waals surface area contributed by atoms with Crippen LogP contribution in [0.2, 0.25) is 0 Å². The molecule has 0 radical (unpaired) electrons. The van der Waals surface area contributed by atoms with Gasteiger partial charge >= 0.3 is 0 Å². The van der Waals surface area contributed by atoms with Crippen LogP contribution in [0.5, 0.6) is 0 Å². The molecular formula is C12H17NO. The van der Waals surface area contributed by atoms with Crippen LogP contribution in [0.25, 0.3) is 0 Å². The van der Waals surface area contributed by atoms with Crippen molar-refractivity contribution in [1.29, 1.82) is 0 Å². The molecule has 0 aromatic heterocycles. The van der Waals surface area contributed by atoms with Crippen molar-refractivity contribution < 1.29 is 5.11 Å². The molecule has 0 aliphatic heterocycles. The minimum atomic E-state index is -0.911. The molecule has 0 saturated heterocycles. The maximum atomic E-state index is 9.62. The summed E-state index contributed by atoms with van der Waals surface area (Å²) in [5.74, 6) is 0.583. The van der Waals surface area contributed by atoms with Crippen LogP contribution in [-0.2, 0) is 0 Å². The maximum absolute atomic E-state index is 9.62. The summed E-state index contributed by atoms with van der Waals surface area (Å²) < 4.78 is 0. The Morgan fingerprint density at radius 2 is 1.71 bits per heavy atom. The van der Waals surface area contributed by atoms with Crippen molar-refractivity contribution in [2.75, 3.05) is 0 Å². The standard InChI is InChI=1S/C12H17NO/c13-12(14)8-6-11(7-9-12)10-4-2-1-3-5-10/h1-5,11,14H,6-9,13H2. The van der Waals surface area contributed by atoms with Gasteiger partial charge in [0.15, 0.2) is 0 Å². The van der Waals surface area contributed by atoms with Crippen LogP contribution in [0.3, 0.4) is 0 Å². The Hall–Kier alpha value is -0.860. The Bertz CT molecular complexity index is 284. The highest BCUT2D eigenvalue weighted by molar-refractivity contribution is 5.20. The van der Waals surface area contributed by atoms with E-state index in [4.69, 9.17) is 5.73 Å². The topological polar surface area (TPSA) is 46.2 Å². The van der Waals surface area contributed by atoms with Gasteiger partial charge in [-0.2, -0.15) is 0 Å². The van der Waals surface area contributed by atoms with Crippen molar-refractivity contribution in [3.8, 4) is 0 Å². The van der Waals surface area contributed by atoms with Gasteiger partial charge in [0, 0.05) is 0 Å². The molecule has 3 N–H and O–H groups in total. The first-order chi connectivity index (χ1) is 6.67. The first-order valence-corrected chi connectivity index (χ1v) is 5.24. The Balaban J connectivity index is 2.03. The number of nitrogens with two attached hydrogens (primary N) is 1. The molecule has 76 valence electrons. The van der Waals surface area contributed by atoms with Crippen molar-refractivity contribution >= 4 is 0 Å². The quantitative estimate of drug-likeness (QED) is 0.667. The summed E-state index contributed by atoms with van der Waals surface area (Å²) >= 11 is 0. The highest BCUT2D eigenvalue weighted by Gasteiger charge is 2.29. The number of benzene rings is 1. The predicted octanol–water partition coefficient (Wildman–Crippen LogP) is 1.99. The summed E-state index contributed by atoms with van der Waals surface area (Å²) in [7, 11) is 0. The lowest BCUT2D eigenvalue weighted by atomic mass is 9.80. The van der Waals surface area contributed by atoms with E-state index in [2.05, 4.69) is 24.3 Å². The Kier molecular flexibility index (Phi) is 2.57. The van der Waals surface area contributed by atoms with Crippen molar-refractivity contribution in [2.45, 2.75) is 37.3 Å². The van der Waals surface area contributed by atoms with E-state index in [9.17, 15) is 5.11 Å². The van der Waals surface area contributed by atoms with Gasteiger partial charge in [-0.1, -0.05) is 30.3 Å². The molecule has 14 heavy (non-hydrogen) atoms. The first-order valence-electron chi connectivity index (χ1n) is 5.24. The smallest absolute Gasteiger partial charge is 0.113 e. The second-order valence-corrected chi connectivity index (χ2v) is 4.29. The monoisotopic (exact) mass is 191 g/mol. The van der Waals surface area contributed by atoms with Gasteiger partial charge in [-0.15, -0.1) is 0 Å². The zero-order valence-electron chi connectivity index (χ0n) is 8.32. The second-order valence-electron chi connectivity index (χ2n) is 4.29. The summed E-state index contributed by atoms with van der Waals surface area (Å²) in [5.41, 5.74) is 6.14. The summed E-state index contributed by atoms with van der Waals surface area (Å²) in [6.45, 7) is 0. The van der Waals surface area contributed by atoms with Crippen LogP contribution in [0.15, 0.2) is 30.3 Å². The van der Waals surface area contributed by atoms with Crippen LogP contribution < -0.4 is 5.73 Å². The van der Waals surface area contributed by atoms with E-state index in [1.54, 1.807) is 0 Å². The largest absolute Gasteiger partial charge is 0.376 e. The van der Waals surface area contributed by atoms with E-state index < -0.39 is 5.72 Å². The van der Waals surface area contributed by atoms with Crippen LogP contribution >= 0.6 is 0 Å². The molecule has 1 aliphatic carbocycles. The molecule has 1 fully saturated rings. The molecular weight excluding hydrogens is 174 g/mol. The fraction of sp³-hybridized carbons (Fsp3) is 0.500.